The molecule has 0 spiro atoms. The lowest BCUT2D eigenvalue weighted by molar-refractivity contribution is -0.139. The molecule has 0 amide bonds. The summed E-state index contributed by atoms with van der Waals surface area (Å²) in [6, 6.07) is 7.78. The van der Waals surface area contributed by atoms with Crippen LogP contribution in [0.4, 0.5) is 5.69 Å². The summed E-state index contributed by atoms with van der Waals surface area (Å²) in [5.74, 6) is -0.648. The fraction of sp³-hybridized carbons (Fsp3) is 0.391. The molecule has 0 saturated carbocycles. The number of hydrogen-bond acceptors (Lipinski definition) is 7. The van der Waals surface area contributed by atoms with Gasteiger partial charge in [-0.3, -0.25) is 0 Å². The van der Waals surface area contributed by atoms with Crippen molar-refractivity contribution in [2.75, 3.05) is 39.3 Å². The van der Waals surface area contributed by atoms with Crippen molar-refractivity contribution in [3.8, 4) is 5.75 Å². The maximum Gasteiger partial charge on any atom is 0.355 e. The summed E-state index contributed by atoms with van der Waals surface area (Å²) in [5.41, 5.74) is 0.814. The van der Waals surface area contributed by atoms with Gasteiger partial charge in [-0.2, -0.15) is 0 Å². The molecule has 0 radical (unpaired) electrons. The molecule has 0 aromatic heterocycles. The van der Waals surface area contributed by atoms with Crippen molar-refractivity contribution in [1.29, 1.82) is 0 Å². The van der Waals surface area contributed by atoms with Crippen molar-refractivity contribution in [2.24, 2.45) is 0 Å². The highest BCUT2D eigenvalue weighted by Gasteiger charge is 2.29. The van der Waals surface area contributed by atoms with Gasteiger partial charge in [-0.05, 0) is 50.7 Å². The van der Waals surface area contributed by atoms with E-state index in [4.69, 9.17) is 14.2 Å². The molecule has 2 aliphatic rings. The molecule has 1 fully saturated rings. The number of carbonyl (C=O) groups excluding carboxylic acids is 2. The summed E-state index contributed by atoms with van der Waals surface area (Å²) in [6.07, 6.45) is 10.1. The number of methoxy groups -OCH3 is 2. The molecule has 0 bridgehead atoms. The number of rotatable bonds is 6. The van der Waals surface area contributed by atoms with Gasteiger partial charge < -0.3 is 24.0 Å². The standard InChI is InChI=1S/C23H28N2O5/c1-24-14-8-6-10-17(24)16-30-20-13-5-4-12-19(20)25-15-9-7-11-18(22(26)28-2)21(25)23(27)29-3/h4-5,7,9,11-13,15,17H,6,8,10,14,16H2,1-3H3. The van der Waals surface area contributed by atoms with Crippen LogP contribution in [0.3, 0.4) is 0 Å². The molecule has 1 saturated heterocycles. The number of hydrogen-bond donors (Lipinski definition) is 0. The number of piperidine rings is 1. The van der Waals surface area contributed by atoms with E-state index in [0.29, 0.717) is 24.1 Å². The Hall–Kier alpha value is -3.06. The molecule has 0 aliphatic carbocycles. The number of likely N-dealkylation sites (N-methyl/N-ethyl adjacent to an activating group) is 1. The number of esters is 2. The van der Waals surface area contributed by atoms with Crippen molar-refractivity contribution in [3.05, 3.63) is 60.0 Å². The highest BCUT2D eigenvalue weighted by Crippen LogP contribution is 2.34. The van der Waals surface area contributed by atoms with Crippen LogP contribution >= 0.6 is 0 Å². The third-order valence-corrected chi connectivity index (χ3v) is 5.37. The van der Waals surface area contributed by atoms with Crippen molar-refractivity contribution < 1.29 is 23.8 Å². The SMILES string of the molecule is COC(=O)C1=C(C(=O)OC)N(c2ccccc2OCC2CCCCN2C)C=CC=C1. The maximum atomic E-state index is 12.6. The first-order valence-electron chi connectivity index (χ1n) is 10.0. The Kier molecular flexibility index (Phi) is 7.30. The molecule has 7 heteroatoms. The van der Waals surface area contributed by atoms with Gasteiger partial charge >= 0.3 is 11.9 Å². The number of para-hydroxylation sites is 2. The van der Waals surface area contributed by atoms with E-state index in [1.165, 1.54) is 33.1 Å². The lowest BCUT2D eigenvalue weighted by atomic mass is 10.0. The normalized spacial score (nSPS) is 19.4. The fourth-order valence-electron chi connectivity index (χ4n) is 3.67. The number of nitrogens with zero attached hydrogens (tertiary/aromatic N) is 2. The molecule has 0 N–H and O–H groups in total. The van der Waals surface area contributed by atoms with Crippen LogP contribution in [0.25, 0.3) is 0 Å². The molecule has 7 nitrogen and oxygen atoms in total. The molecule has 1 aromatic carbocycles. The highest BCUT2D eigenvalue weighted by molar-refractivity contribution is 6.05. The van der Waals surface area contributed by atoms with Crippen molar-refractivity contribution in [1.82, 2.24) is 4.90 Å². The first-order chi connectivity index (χ1) is 14.6. The zero-order chi connectivity index (χ0) is 21.5. The number of likely N-dealkylation sites (tertiary alicyclic amines) is 1. The Morgan fingerprint density at radius 3 is 2.57 bits per heavy atom. The molecular formula is C23H28N2O5. The minimum absolute atomic E-state index is 0.0696. The number of benzene rings is 1. The largest absolute Gasteiger partial charge is 0.490 e. The van der Waals surface area contributed by atoms with Gasteiger partial charge in [-0.15, -0.1) is 0 Å². The van der Waals surface area contributed by atoms with E-state index in [2.05, 4.69) is 11.9 Å². The predicted octanol–water partition coefficient (Wildman–Crippen LogP) is 3.04. The minimum Gasteiger partial charge on any atom is -0.490 e. The third kappa shape index (κ3) is 4.74. The Morgan fingerprint density at radius 2 is 1.83 bits per heavy atom. The predicted molar refractivity (Wildman–Crippen MR) is 114 cm³/mol. The summed E-state index contributed by atoms with van der Waals surface area (Å²) in [5, 5.41) is 0. The second-order valence-electron chi connectivity index (χ2n) is 7.23. The second kappa shape index (κ2) is 10.1. The van der Waals surface area contributed by atoms with Gasteiger partial charge in [0.05, 0.1) is 25.5 Å². The second-order valence-corrected chi connectivity index (χ2v) is 7.23. The van der Waals surface area contributed by atoms with E-state index < -0.39 is 11.9 Å². The average Bonchev–Trinajstić information content (AvgIpc) is 3.00. The van der Waals surface area contributed by atoms with Gasteiger partial charge in [0, 0.05) is 12.2 Å². The molecule has 2 aliphatic heterocycles. The van der Waals surface area contributed by atoms with E-state index >= 15 is 0 Å². The Balaban J connectivity index is 1.96. The van der Waals surface area contributed by atoms with E-state index in [-0.39, 0.29) is 11.3 Å². The number of allylic oxidation sites excluding steroid dienone is 2. The fourth-order valence-corrected chi connectivity index (χ4v) is 3.67. The zero-order valence-electron chi connectivity index (χ0n) is 17.7. The molecule has 30 heavy (non-hydrogen) atoms. The maximum absolute atomic E-state index is 12.6. The molecule has 160 valence electrons. The summed E-state index contributed by atoms with van der Waals surface area (Å²) in [7, 11) is 4.67. The summed E-state index contributed by atoms with van der Waals surface area (Å²) in [4.78, 5) is 28.9. The van der Waals surface area contributed by atoms with Gasteiger partial charge in [0.1, 0.15) is 18.1 Å². The smallest absolute Gasteiger partial charge is 0.355 e. The van der Waals surface area contributed by atoms with Crippen LogP contribution in [-0.2, 0) is 19.1 Å². The molecule has 3 rings (SSSR count). The van der Waals surface area contributed by atoms with E-state index in [1.807, 2.05) is 24.3 Å². The third-order valence-electron chi connectivity index (χ3n) is 5.37. The summed E-state index contributed by atoms with van der Waals surface area (Å²) < 4.78 is 16.0. The summed E-state index contributed by atoms with van der Waals surface area (Å²) in [6.45, 7) is 1.61. The van der Waals surface area contributed by atoms with E-state index in [0.717, 1.165) is 13.0 Å². The van der Waals surface area contributed by atoms with E-state index in [1.54, 1.807) is 23.3 Å². The lowest BCUT2D eigenvalue weighted by Gasteiger charge is -2.32. The van der Waals surface area contributed by atoms with Crippen LogP contribution in [0.15, 0.2) is 60.0 Å². The van der Waals surface area contributed by atoms with Gasteiger partial charge in [0.15, 0.2) is 0 Å². The van der Waals surface area contributed by atoms with Crippen molar-refractivity contribution >= 4 is 17.6 Å². The topological polar surface area (TPSA) is 68.3 Å². The Labute approximate surface area is 177 Å². The molecule has 2 heterocycles. The summed E-state index contributed by atoms with van der Waals surface area (Å²) >= 11 is 0. The van der Waals surface area contributed by atoms with Gasteiger partial charge in [-0.25, -0.2) is 9.59 Å². The molecule has 1 atom stereocenters. The van der Waals surface area contributed by atoms with Crippen molar-refractivity contribution in [2.45, 2.75) is 25.3 Å². The Bertz CT molecular complexity index is 874. The monoisotopic (exact) mass is 412 g/mol. The van der Waals surface area contributed by atoms with Crippen LogP contribution in [-0.4, -0.2) is 57.3 Å². The average molecular weight is 412 g/mol. The lowest BCUT2D eigenvalue weighted by Crippen LogP contribution is -2.40. The van der Waals surface area contributed by atoms with Crippen LogP contribution in [0.1, 0.15) is 19.3 Å². The molecule has 1 unspecified atom stereocenters. The molecule has 1 aromatic rings. The van der Waals surface area contributed by atoms with Gasteiger partial charge in [-0.1, -0.05) is 24.6 Å². The quantitative estimate of drug-likeness (QED) is 0.665. The number of carbonyl (C=O) groups is 2. The first kappa shape index (κ1) is 21.6. The van der Waals surface area contributed by atoms with Crippen LogP contribution in [0.5, 0.6) is 5.75 Å². The van der Waals surface area contributed by atoms with Crippen LogP contribution in [0.2, 0.25) is 0 Å². The number of anilines is 1. The van der Waals surface area contributed by atoms with E-state index in [9.17, 15) is 9.59 Å². The number of ether oxygens (including phenoxy) is 3. The van der Waals surface area contributed by atoms with Gasteiger partial charge in [0.25, 0.3) is 0 Å². The highest BCUT2D eigenvalue weighted by atomic mass is 16.5. The minimum atomic E-state index is -0.645. The first-order valence-corrected chi connectivity index (χ1v) is 10.0. The van der Waals surface area contributed by atoms with Crippen LogP contribution in [0, 0.1) is 0 Å². The zero-order valence-corrected chi connectivity index (χ0v) is 17.7. The van der Waals surface area contributed by atoms with Crippen LogP contribution < -0.4 is 9.64 Å². The van der Waals surface area contributed by atoms with Gasteiger partial charge in [0.2, 0.25) is 0 Å². The van der Waals surface area contributed by atoms with Crippen molar-refractivity contribution in [3.63, 3.8) is 0 Å². The Morgan fingerprint density at radius 1 is 1.07 bits per heavy atom. The molecular weight excluding hydrogens is 384 g/mol.